The fourth-order valence-corrected chi connectivity index (χ4v) is 1.53. The summed E-state index contributed by atoms with van der Waals surface area (Å²) in [5.74, 6) is 1.77. The van der Waals surface area contributed by atoms with E-state index in [-0.39, 0.29) is 5.54 Å². The Labute approximate surface area is 95.0 Å². The molecule has 0 unspecified atom stereocenters. The molecule has 0 bridgehead atoms. The van der Waals surface area contributed by atoms with E-state index in [1.54, 1.807) is 7.11 Å². The third kappa shape index (κ3) is 1.76. The van der Waals surface area contributed by atoms with Crippen molar-refractivity contribution in [2.45, 2.75) is 19.4 Å². The first-order valence-electron chi connectivity index (χ1n) is 5.30. The van der Waals surface area contributed by atoms with Crippen LogP contribution in [0.2, 0.25) is 0 Å². The fourth-order valence-electron chi connectivity index (χ4n) is 1.53. The van der Waals surface area contributed by atoms with Crippen molar-refractivity contribution in [3.8, 4) is 5.75 Å². The molecule has 2 rings (SSSR count). The fraction of sp³-hybridized carbons (Fsp3) is 0.417. The molecule has 2 N–H and O–H groups in total. The standard InChI is InChI=1S/C12H17N3O/c1-12(2,13-3)11-14-9-6-5-8(16-4)7-10(9)15-11/h5-7,13H,1-4H3,(H,14,15). The van der Waals surface area contributed by atoms with Crippen molar-refractivity contribution in [1.29, 1.82) is 0 Å². The predicted octanol–water partition coefficient (Wildman–Crippen LogP) is 2.03. The zero-order chi connectivity index (χ0) is 11.8. The summed E-state index contributed by atoms with van der Waals surface area (Å²) < 4.78 is 5.18. The molecule has 86 valence electrons. The molecule has 0 amide bonds. The van der Waals surface area contributed by atoms with Gasteiger partial charge in [-0.2, -0.15) is 0 Å². The van der Waals surface area contributed by atoms with E-state index in [2.05, 4.69) is 29.1 Å². The van der Waals surface area contributed by atoms with Crippen molar-refractivity contribution >= 4 is 11.0 Å². The summed E-state index contributed by atoms with van der Waals surface area (Å²) in [7, 11) is 3.59. The van der Waals surface area contributed by atoms with Gasteiger partial charge in [0.2, 0.25) is 0 Å². The number of hydrogen-bond donors (Lipinski definition) is 2. The summed E-state index contributed by atoms with van der Waals surface area (Å²) in [5.41, 5.74) is 1.79. The van der Waals surface area contributed by atoms with Gasteiger partial charge >= 0.3 is 0 Å². The summed E-state index contributed by atoms with van der Waals surface area (Å²) in [6.07, 6.45) is 0. The number of nitrogens with zero attached hydrogens (tertiary/aromatic N) is 1. The number of hydrogen-bond acceptors (Lipinski definition) is 3. The zero-order valence-electron chi connectivity index (χ0n) is 10.1. The summed E-state index contributed by atoms with van der Waals surface area (Å²) in [6.45, 7) is 4.17. The lowest BCUT2D eigenvalue weighted by atomic mass is 10.1. The highest BCUT2D eigenvalue weighted by molar-refractivity contribution is 5.77. The van der Waals surface area contributed by atoms with Crippen LogP contribution >= 0.6 is 0 Å². The molecule has 0 aliphatic heterocycles. The molecule has 1 aromatic heterocycles. The quantitative estimate of drug-likeness (QED) is 0.830. The van der Waals surface area contributed by atoms with Crippen LogP contribution in [0.15, 0.2) is 18.2 Å². The molecular weight excluding hydrogens is 202 g/mol. The van der Waals surface area contributed by atoms with E-state index in [9.17, 15) is 0 Å². The number of methoxy groups -OCH3 is 1. The Morgan fingerprint density at radius 1 is 1.38 bits per heavy atom. The number of H-pyrrole nitrogens is 1. The van der Waals surface area contributed by atoms with E-state index in [1.165, 1.54) is 0 Å². The maximum Gasteiger partial charge on any atom is 0.127 e. The van der Waals surface area contributed by atoms with Gasteiger partial charge in [-0.05, 0) is 33.0 Å². The third-order valence-electron chi connectivity index (χ3n) is 2.91. The van der Waals surface area contributed by atoms with Crippen molar-refractivity contribution in [2.75, 3.05) is 14.2 Å². The molecule has 0 aliphatic rings. The average Bonchev–Trinajstić information content (AvgIpc) is 2.72. The number of fused-ring (bicyclic) bond motifs is 1. The summed E-state index contributed by atoms with van der Waals surface area (Å²) in [4.78, 5) is 7.86. The number of benzene rings is 1. The average molecular weight is 219 g/mol. The number of aromatic amines is 1. The van der Waals surface area contributed by atoms with Crippen LogP contribution in [0.1, 0.15) is 19.7 Å². The Morgan fingerprint density at radius 3 is 2.75 bits per heavy atom. The van der Waals surface area contributed by atoms with E-state index in [4.69, 9.17) is 4.74 Å². The van der Waals surface area contributed by atoms with Crippen LogP contribution in [0.25, 0.3) is 11.0 Å². The molecule has 0 saturated carbocycles. The molecule has 0 atom stereocenters. The van der Waals surface area contributed by atoms with Crippen molar-refractivity contribution in [2.24, 2.45) is 0 Å². The molecule has 0 fully saturated rings. The molecule has 0 spiro atoms. The van der Waals surface area contributed by atoms with Gasteiger partial charge in [-0.1, -0.05) is 0 Å². The first-order chi connectivity index (χ1) is 7.56. The number of aromatic nitrogens is 2. The molecule has 2 aromatic rings. The number of imidazole rings is 1. The first kappa shape index (κ1) is 11.0. The molecular formula is C12H17N3O. The van der Waals surface area contributed by atoms with Gasteiger partial charge in [0, 0.05) is 6.07 Å². The Kier molecular flexibility index (Phi) is 2.59. The van der Waals surface area contributed by atoms with Crippen molar-refractivity contribution in [3.05, 3.63) is 24.0 Å². The highest BCUT2D eigenvalue weighted by Crippen LogP contribution is 2.23. The summed E-state index contributed by atoms with van der Waals surface area (Å²) in [5, 5.41) is 3.22. The van der Waals surface area contributed by atoms with Crippen molar-refractivity contribution < 1.29 is 4.74 Å². The Bertz CT molecular complexity index is 502. The summed E-state index contributed by atoms with van der Waals surface area (Å²) >= 11 is 0. The van der Waals surface area contributed by atoms with Crippen molar-refractivity contribution in [1.82, 2.24) is 15.3 Å². The maximum atomic E-state index is 5.18. The molecule has 0 saturated heterocycles. The van der Waals surface area contributed by atoms with E-state index < -0.39 is 0 Å². The number of nitrogens with one attached hydrogen (secondary N) is 2. The lowest BCUT2D eigenvalue weighted by Crippen LogP contribution is -2.34. The lowest BCUT2D eigenvalue weighted by Gasteiger charge is -2.20. The van der Waals surface area contributed by atoms with Gasteiger partial charge < -0.3 is 15.0 Å². The molecule has 16 heavy (non-hydrogen) atoms. The first-order valence-corrected chi connectivity index (χ1v) is 5.30. The smallest absolute Gasteiger partial charge is 0.127 e. The van der Waals surface area contributed by atoms with Gasteiger partial charge in [0.05, 0.1) is 23.7 Å². The zero-order valence-corrected chi connectivity index (χ0v) is 10.1. The molecule has 1 heterocycles. The minimum atomic E-state index is -0.160. The van der Waals surface area contributed by atoms with Gasteiger partial charge in [0.15, 0.2) is 0 Å². The van der Waals surface area contributed by atoms with E-state index >= 15 is 0 Å². The summed E-state index contributed by atoms with van der Waals surface area (Å²) in [6, 6.07) is 5.83. The SMILES string of the molecule is CNC(C)(C)c1nc2ccc(OC)cc2[nH]1. The van der Waals surface area contributed by atoms with E-state index in [0.29, 0.717) is 0 Å². The minimum absolute atomic E-state index is 0.160. The molecule has 0 aliphatic carbocycles. The second kappa shape index (κ2) is 3.79. The van der Waals surface area contributed by atoms with E-state index in [0.717, 1.165) is 22.6 Å². The van der Waals surface area contributed by atoms with Crippen LogP contribution in [0.4, 0.5) is 0 Å². The second-order valence-corrected chi connectivity index (χ2v) is 4.34. The molecule has 4 nitrogen and oxygen atoms in total. The van der Waals surface area contributed by atoms with Crippen LogP contribution in [-0.2, 0) is 5.54 Å². The van der Waals surface area contributed by atoms with Gasteiger partial charge in [-0.25, -0.2) is 4.98 Å². The highest BCUT2D eigenvalue weighted by Gasteiger charge is 2.21. The number of ether oxygens (including phenoxy) is 1. The van der Waals surface area contributed by atoms with Crippen LogP contribution in [-0.4, -0.2) is 24.1 Å². The van der Waals surface area contributed by atoms with Gasteiger partial charge in [0.1, 0.15) is 11.6 Å². The van der Waals surface area contributed by atoms with Crippen LogP contribution in [0.5, 0.6) is 5.75 Å². The Hall–Kier alpha value is -1.55. The highest BCUT2D eigenvalue weighted by atomic mass is 16.5. The van der Waals surface area contributed by atoms with Gasteiger partial charge in [0.25, 0.3) is 0 Å². The second-order valence-electron chi connectivity index (χ2n) is 4.34. The Balaban J connectivity index is 2.52. The number of rotatable bonds is 3. The monoisotopic (exact) mass is 219 g/mol. The third-order valence-corrected chi connectivity index (χ3v) is 2.91. The predicted molar refractivity (Wildman–Crippen MR) is 64.7 cm³/mol. The van der Waals surface area contributed by atoms with Crippen LogP contribution in [0.3, 0.4) is 0 Å². The molecule has 1 aromatic carbocycles. The Morgan fingerprint density at radius 2 is 2.12 bits per heavy atom. The van der Waals surface area contributed by atoms with E-state index in [1.807, 2.05) is 25.2 Å². The van der Waals surface area contributed by atoms with Crippen LogP contribution in [0, 0.1) is 0 Å². The van der Waals surface area contributed by atoms with Crippen molar-refractivity contribution in [3.63, 3.8) is 0 Å². The topological polar surface area (TPSA) is 49.9 Å². The van der Waals surface area contributed by atoms with Gasteiger partial charge in [-0.15, -0.1) is 0 Å². The minimum Gasteiger partial charge on any atom is -0.497 e. The maximum absolute atomic E-state index is 5.18. The lowest BCUT2D eigenvalue weighted by molar-refractivity contribution is 0.415. The molecule has 4 heteroatoms. The van der Waals surface area contributed by atoms with Crippen LogP contribution < -0.4 is 10.1 Å². The molecule has 0 radical (unpaired) electrons. The normalized spacial score (nSPS) is 12.0. The largest absolute Gasteiger partial charge is 0.497 e. The van der Waals surface area contributed by atoms with Gasteiger partial charge in [-0.3, -0.25) is 0 Å².